The Morgan fingerprint density at radius 3 is 2.39 bits per heavy atom. The number of morpholine rings is 1. The molecule has 0 spiro atoms. The van der Waals surface area contributed by atoms with Crippen LogP contribution in [0.1, 0.15) is 39.0 Å². The third kappa shape index (κ3) is 5.04. The van der Waals surface area contributed by atoms with Gasteiger partial charge in [-0.3, -0.25) is 4.79 Å². The van der Waals surface area contributed by atoms with Crippen molar-refractivity contribution in [2.45, 2.75) is 50.0 Å². The first-order valence-electron chi connectivity index (χ1n) is 10.1. The minimum absolute atomic E-state index is 0.0144. The van der Waals surface area contributed by atoms with Crippen LogP contribution < -0.4 is 4.74 Å². The smallest absolute Gasteiger partial charge is 0.260 e. The minimum Gasteiger partial charge on any atom is -0.484 e. The molecule has 0 N–H and O–H groups in total. The summed E-state index contributed by atoms with van der Waals surface area (Å²) >= 11 is 0. The summed E-state index contributed by atoms with van der Waals surface area (Å²) in [5.74, 6) is 0.480. The van der Waals surface area contributed by atoms with Crippen LogP contribution in [0.3, 0.4) is 0 Å². The molecule has 3 rings (SSSR count). The lowest BCUT2D eigenvalue weighted by Gasteiger charge is -2.33. The van der Waals surface area contributed by atoms with Crippen molar-refractivity contribution in [1.29, 1.82) is 0 Å². The summed E-state index contributed by atoms with van der Waals surface area (Å²) in [6, 6.07) is 6.60. The lowest BCUT2D eigenvalue weighted by atomic mass is 9.94. The van der Waals surface area contributed by atoms with Gasteiger partial charge in [-0.2, -0.15) is 4.31 Å². The minimum atomic E-state index is -3.52. The highest BCUT2D eigenvalue weighted by Crippen LogP contribution is 2.23. The third-order valence-corrected chi connectivity index (χ3v) is 7.38. The fourth-order valence-corrected chi connectivity index (χ4v) is 5.31. The van der Waals surface area contributed by atoms with E-state index in [9.17, 15) is 13.2 Å². The summed E-state index contributed by atoms with van der Waals surface area (Å²) in [6.07, 6.45) is 5.72. The van der Waals surface area contributed by atoms with Crippen LogP contribution in [0.5, 0.6) is 5.75 Å². The Balaban J connectivity index is 1.57. The maximum atomic E-state index is 12.6. The van der Waals surface area contributed by atoms with Crippen molar-refractivity contribution < 1.29 is 22.7 Å². The molecule has 0 aromatic heterocycles. The van der Waals surface area contributed by atoms with Crippen LogP contribution in [0, 0.1) is 0 Å². The molecular weight excluding hydrogens is 380 g/mol. The topological polar surface area (TPSA) is 76.2 Å². The molecule has 1 aliphatic carbocycles. The molecule has 1 amide bonds. The Morgan fingerprint density at radius 1 is 1.14 bits per heavy atom. The summed E-state index contributed by atoms with van der Waals surface area (Å²) in [6.45, 7) is 4.21. The normalized spacial score (nSPS) is 19.3. The number of hydrogen-bond acceptors (Lipinski definition) is 5. The van der Waals surface area contributed by atoms with Crippen molar-refractivity contribution in [3.05, 3.63) is 24.3 Å². The number of hydrogen-bond donors (Lipinski definition) is 0. The summed E-state index contributed by atoms with van der Waals surface area (Å²) in [4.78, 5) is 14.7. The Kier molecular flexibility index (Phi) is 7.31. The Hall–Kier alpha value is -1.64. The van der Waals surface area contributed by atoms with Gasteiger partial charge in [0.05, 0.1) is 18.1 Å². The molecule has 2 fully saturated rings. The number of nitrogens with zero attached hydrogens (tertiary/aromatic N) is 2. The second-order valence-corrected chi connectivity index (χ2v) is 9.19. The second kappa shape index (κ2) is 9.71. The van der Waals surface area contributed by atoms with Crippen molar-refractivity contribution in [3.8, 4) is 5.75 Å². The van der Waals surface area contributed by atoms with Crippen molar-refractivity contribution in [2.75, 3.05) is 39.5 Å². The standard InChI is InChI=1S/C20H30N2O5S/c1-2-22(17-6-4-3-5-7-17)20(23)16-27-18-8-10-19(11-9-18)28(24,25)21-12-14-26-15-13-21/h8-11,17H,2-7,12-16H2,1H3. The molecule has 0 unspecified atom stereocenters. The van der Waals surface area contributed by atoms with Gasteiger partial charge in [0, 0.05) is 25.7 Å². The molecule has 156 valence electrons. The second-order valence-electron chi connectivity index (χ2n) is 7.25. The van der Waals surface area contributed by atoms with Crippen LogP contribution >= 0.6 is 0 Å². The number of amides is 1. The maximum absolute atomic E-state index is 12.6. The van der Waals surface area contributed by atoms with Crippen LogP contribution in [0.15, 0.2) is 29.2 Å². The van der Waals surface area contributed by atoms with Crippen LogP contribution in [0.4, 0.5) is 0 Å². The number of carbonyl (C=O) groups is 1. The number of sulfonamides is 1. The first kappa shape index (κ1) is 21.1. The van der Waals surface area contributed by atoms with E-state index in [0.717, 1.165) is 12.8 Å². The van der Waals surface area contributed by atoms with Gasteiger partial charge >= 0.3 is 0 Å². The van der Waals surface area contributed by atoms with Gasteiger partial charge in [0.2, 0.25) is 10.0 Å². The Morgan fingerprint density at radius 2 is 1.79 bits per heavy atom. The van der Waals surface area contributed by atoms with Gasteiger partial charge in [0.1, 0.15) is 5.75 Å². The lowest BCUT2D eigenvalue weighted by molar-refractivity contribution is -0.136. The SMILES string of the molecule is CCN(C(=O)COc1ccc(S(=O)(=O)N2CCOCC2)cc1)C1CCCCC1. The fourth-order valence-electron chi connectivity index (χ4n) is 3.90. The zero-order chi connectivity index (χ0) is 20.0. The highest BCUT2D eigenvalue weighted by atomic mass is 32.2. The third-order valence-electron chi connectivity index (χ3n) is 5.47. The quantitative estimate of drug-likeness (QED) is 0.689. The zero-order valence-electron chi connectivity index (χ0n) is 16.5. The van der Waals surface area contributed by atoms with Gasteiger partial charge in [-0.15, -0.1) is 0 Å². The Labute approximate surface area is 167 Å². The highest BCUT2D eigenvalue weighted by Gasteiger charge is 2.27. The van der Waals surface area contributed by atoms with E-state index >= 15 is 0 Å². The highest BCUT2D eigenvalue weighted by molar-refractivity contribution is 7.89. The van der Waals surface area contributed by atoms with E-state index in [0.29, 0.717) is 44.6 Å². The molecule has 0 radical (unpaired) electrons. The van der Waals surface area contributed by atoms with E-state index in [4.69, 9.17) is 9.47 Å². The molecule has 1 saturated carbocycles. The average Bonchev–Trinajstić information content (AvgIpc) is 2.74. The molecule has 0 bridgehead atoms. The predicted octanol–water partition coefficient (Wildman–Crippen LogP) is 2.27. The molecule has 1 saturated heterocycles. The van der Waals surface area contributed by atoms with E-state index in [1.54, 1.807) is 12.1 Å². The summed E-state index contributed by atoms with van der Waals surface area (Å²) in [5.41, 5.74) is 0. The molecule has 1 heterocycles. The molecule has 0 atom stereocenters. The van der Waals surface area contributed by atoms with E-state index in [-0.39, 0.29) is 17.4 Å². The summed E-state index contributed by atoms with van der Waals surface area (Å²) in [7, 11) is -3.52. The molecular formula is C20H30N2O5S. The number of rotatable bonds is 7. The predicted molar refractivity (Wildman–Crippen MR) is 106 cm³/mol. The van der Waals surface area contributed by atoms with Gasteiger partial charge in [0.25, 0.3) is 5.91 Å². The molecule has 1 aromatic carbocycles. The van der Waals surface area contributed by atoms with Crippen molar-refractivity contribution >= 4 is 15.9 Å². The monoisotopic (exact) mass is 410 g/mol. The van der Waals surface area contributed by atoms with Gasteiger partial charge in [0.15, 0.2) is 6.61 Å². The molecule has 1 aromatic rings. The lowest BCUT2D eigenvalue weighted by Crippen LogP contribution is -2.43. The first-order valence-corrected chi connectivity index (χ1v) is 11.6. The van der Waals surface area contributed by atoms with E-state index < -0.39 is 10.0 Å². The van der Waals surface area contributed by atoms with Crippen LogP contribution in [0.2, 0.25) is 0 Å². The Bertz CT molecular complexity index is 738. The molecule has 1 aliphatic heterocycles. The van der Waals surface area contributed by atoms with E-state index in [2.05, 4.69) is 0 Å². The zero-order valence-corrected chi connectivity index (χ0v) is 17.3. The van der Waals surface area contributed by atoms with E-state index in [1.165, 1.54) is 35.7 Å². The van der Waals surface area contributed by atoms with Crippen molar-refractivity contribution in [3.63, 3.8) is 0 Å². The number of carbonyl (C=O) groups excluding carboxylic acids is 1. The number of benzene rings is 1. The number of ether oxygens (including phenoxy) is 2. The van der Waals surface area contributed by atoms with Crippen molar-refractivity contribution in [1.82, 2.24) is 9.21 Å². The summed E-state index contributed by atoms with van der Waals surface area (Å²) in [5, 5.41) is 0. The number of likely N-dealkylation sites (N-methyl/N-ethyl adjacent to an activating group) is 1. The van der Waals surface area contributed by atoms with Crippen LogP contribution in [0.25, 0.3) is 0 Å². The van der Waals surface area contributed by atoms with Crippen LogP contribution in [-0.2, 0) is 19.6 Å². The first-order chi connectivity index (χ1) is 13.5. The van der Waals surface area contributed by atoms with Gasteiger partial charge < -0.3 is 14.4 Å². The molecule has 28 heavy (non-hydrogen) atoms. The maximum Gasteiger partial charge on any atom is 0.260 e. The fraction of sp³-hybridized carbons (Fsp3) is 0.650. The molecule has 8 heteroatoms. The van der Waals surface area contributed by atoms with Gasteiger partial charge in [-0.05, 0) is 44.0 Å². The van der Waals surface area contributed by atoms with Crippen molar-refractivity contribution in [2.24, 2.45) is 0 Å². The molecule has 2 aliphatic rings. The molecule has 7 nitrogen and oxygen atoms in total. The van der Waals surface area contributed by atoms with Gasteiger partial charge in [-0.25, -0.2) is 8.42 Å². The largest absolute Gasteiger partial charge is 0.484 e. The van der Waals surface area contributed by atoms with E-state index in [1.807, 2.05) is 11.8 Å². The summed E-state index contributed by atoms with van der Waals surface area (Å²) < 4.78 is 37.6. The van der Waals surface area contributed by atoms with Gasteiger partial charge in [-0.1, -0.05) is 19.3 Å². The average molecular weight is 411 g/mol. The van der Waals surface area contributed by atoms with Crippen LogP contribution in [-0.4, -0.2) is 69.0 Å².